The summed E-state index contributed by atoms with van der Waals surface area (Å²) in [6, 6.07) is 2.22. The number of nitrogens with zero attached hydrogens (tertiary/aromatic N) is 4. The number of rotatable bonds is 0. The first kappa shape index (κ1) is 14.6. The minimum absolute atomic E-state index is 0.434. The van der Waals surface area contributed by atoms with Crippen molar-refractivity contribution in [3.05, 3.63) is 32.7 Å². The normalized spacial score (nSPS) is 12.2. The first-order chi connectivity index (χ1) is 11.5. The molecule has 118 valence electrons. The van der Waals surface area contributed by atoms with Gasteiger partial charge in [0.25, 0.3) is 0 Å². The summed E-state index contributed by atoms with van der Waals surface area (Å²) in [5.41, 5.74) is 3.85. The molecule has 2 aromatic carbocycles. The molecule has 0 saturated heterocycles. The summed E-state index contributed by atoms with van der Waals surface area (Å²) in [5.74, 6) is -1.85. The number of hydrogen-bond donors (Lipinski definition) is 1. The van der Waals surface area contributed by atoms with Gasteiger partial charge < -0.3 is 4.98 Å². The molecule has 3 heterocycles. The molecule has 5 nitrogen and oxygen atoms in total. The molecule has 0 aliphatic rings. The molecule has 1 N–H and O–H groups in total. The van der Waals surface area contributed by atoms with Gasteiger partial charge in [0.2, 0.25) is 0 Å². The van der Waals surface area contributed by atoms with Crippen LogP contribution in [-0.4, -0.2) is 23.7 Å². The number of halogens is 4. The number of aromatic amines is 1. The van der Waals surface area contributed by atoms with Gasteiger partial charge in [0, 0.05) is 11.5 Å². The number of hydrogen-bond acceptors (Lipinski definition) is 5. The lowest BCUT2D eigenvalue weighted by molar-refractivity contribution is 0.511. The number of benzene rings is 2. The van der Waals surface area contributed by atoms with Crippen LogP contribution in [0.25, 0.3) is 44.1 Å². The van der Waals surface area contributed by atoms with Crippen LogP contribution >= 0.6 is 43.6 Å². The fourth-order valence-corrected chi connectivity index (χ4v) is 4.59. The van der Waals surface area contributed by atoms with Gasteiger partial charge in [-0.3, -0.25) is 0 Å². The summed E-state index contributed by atoms with van der Waals surface area (Å²) in [4.78, 5) is 12.1. The number of H-pyrrole nitrogens is 1. The summed E-state index contributed by atoms with van der Waals surface area (Å²) in [7, 11) is 0. The number of nitrogens with one attached hydrogen (secondary N) is 1. The van der Waals surface area contributed by atoms with E-state index in [2.05, 4.69) is 55.6 Å². The van der Waals surface area contributed by atoms with Gasteiger partial charge in [-0.2, -0.15) is 8.75 Å². The van der Waals surface area contributed by atoms with Gasteiger partial charge in [-0.25, -0.2) is 18.7 Å². The van der Waals surface area contributed by atoms with E-state index in [1.165, 1.54) is 0 Å². The molecule has 3 aromatic heterocycles. The molecule has 0 bridgehead atoms. The molecule has 0 unspecified atom stereocenters. The minimum atomic E-state index is -0.926. The molecule has 0 aliphatic carbocycles. The van der Waals surface area contributed by atoms with E-state index < -0.39 is 11.6 Å². The lowest BCUT2D eigenvalue weighted by atomic mass is 10.2. The van der Waals surface area contributed by atoms with Crippen molar-refractivity contribution in [2.75, 3.05) is 0 Å². The van der Waals surface area contributed by atoms with E-state index >= 15 is 0 Å². The number of fused-ring (bicyclic) bond motifs is 5. The Labute approximate surface area is 152 Å². The van der Waals surface area contributed by atoms with Gasteiger partial charge in [-0.15, -0.1) is 0 Å². The zero-order valence-corrected chi connectivity index (χ0v) is 15.4. The van der Waals surface area contributed by atoms with Crippen molar-refractivity contribution in [2.45, 2.75) is 0 Å². The molecule has 0 radical (unpaired) electrons. The minimum Gasteiger partial charge on any atom is -0.338 e. The van der Waals surface area contributed by atoms with Crippen molar-refractivity contribution in [1.82, 2.24) is 23.7 Å². The van der Waals surface area contributed by atoms with Crippen molar-refractivity contribution in [2.24, 2.45) is 0 Å². The zero-order valence-electron chi connectivity index (χ0n) is 11.4. The predicted molar refractivity (Wildman–Crippen MR) is 95.2 cm³/mol. The Bertz CT molecular complexity index is 1310. The molecule has 0 fully saturated rings. The molecule has 24 heavy (non-hydrogen) atoms. The second-order valence-electron chi connectivity index (χ2n) is 5.14. The average molecular weight is 471 g/mol. The first-order valence-electron chi connectivity index (χ1n) is 6.62. The Morgan fingerprint density at radius 1 is 0.833 bits per heavy atom. The topological polar surface area (TPSA) is 67.3 Å². The van der Waals surface area contributed by atoms with Crippen LogP contribution in [0.1, 0.15) is 0 Å². The van der Waals surface area contributed by atoms with Crippen LogP contribution in [0.5, 0.6) is 0 Å². The van der Waals surface area contributed by atoms with Crippen molar-refractivity contribution < 1.29 is 8.78 Å². The summed E-state index contributed by atoms with van der Waals surface area (Å²) in [5, 5.41) is 0.470. The van der Waals surface area contributed by atoms with Gasteiger partial charge in [0.15, 0.2) is 17.3 Å². The van der Waals surface area contributed by atoms with Crippen LogP contribution in [0.4, 0.5) is 8.78 Å². The first-order valence-corrected chi connectivity index (χ1v) is 8.93. The molecule has 0 aliphatic heterocycles. The Hall–Kier alpha value is -1.78. The molecule has 5 rings (SSSR count). The standard InChI is InChI=1S/C14H3Br2F2N5S/c15-7-10-11(8(16)13-12(7)22-24-23-13)21-14-9(20-10)3-1-4(17)5(18)2-6(3)19-14/h1-2H,(H,19,21). The van der Waals surface area contributed by atoms with Crippen LogP contribution in [0.15, 0.2) is 21.1 Å². The van der Waals surface area contributed by atoms with Gasteiger partial charge in [0.05, 0.1) is 26.2 Å². The van der Waals surface area contributed by atoms with E-state index in [0.717, 1.165) is 23.9 Å². The van der Waals surface area contributed by atoms with Crippen LogP contribution in [0.3, 0.4) is 0 Å². The molecule has 5 aromatic rings. The fourth-order valence-electron chi connectivity index (χ4n) is 2.69. The van der Waals surface area contributed by atoms with Crippen LogP contribution in [-0.2, 0) is 0 Å². The second-order valence-corrected chi connectivity index (χ2v) is 7.26. The maximum absolute atomic E-state index is 13.6. The Balaban J connectivity index is 2.03. The van der Waals surface area contributed by atoms with Crippen LogP contribution in [0.2, 0.25) is 0 Å². The second kappa shape index (κ2) is 4.87. The van der Waals surface area contributed by atoms with Crippen molar-refractivity contribution in [1.29, 1.82) is 0 Å². The highest BCUT2D eigenvalue weighted by Crippen LogP contribution is 2.38. The van der Waals surface area contributed by atoms with Crippen LogP contribution < -0.4 is 0 Å². The van der Waals surface area contributed by atoms with E-state index in [-0.39, 0.29) is 0 Å². The van der Waals surface area contributed by atoms with Gasteiger partial charge >= 0.3 is 0 Å². The third kappa shape index (κ3) is 1.81. The number of aromatic nitrogens is 5. The lowest BCUT2D eigenvalue weighted by Crippen LogP contribution is -1.90. The summed E-state index contributed by atoms with van der Waals surface area (Å²) in [6.45, 7) is 0. The average Bonchev–Trinajstić information content (AvgIpc) is 3.17. The summed E-state index contributed by atoms with van der Waals surface area (Å²) in [6.07, 6.45) is 0. The highest BCUT2D eigenvalue weighted by Gasteiger charge is 2.19. The maximum atomic E-state index is 13.6. The lowest BCUT2D eigenvalue weighted by Gasteiger charge is -2.03. The molecule has 0 spiro atoms. The molecule has 0 atom stereocenters. The summed E-state index contributed by atoms with van der Waals surface area (Å²) < 4.78 is 36.9. The quantitative estimate of drug-likeness (QED) is 0.343. The van der Waals surface area contributed by atoms with E-state index in [9.17, 15) is 8.78 Å². The van der Waals surface area contributed by atoms with Crippen molar-refractivity contribution in [3.8, 4) is 0 Å². The largest absolute Gasteiger partial charge is 0.338 e. The highest BCUT2D eigenvalue weighted by atomic mass is 79.9. The highest BCUT2D eigenvalue weighted by molar-refractivity contribution is 9.11. The molecule has 0 amide bonds. The van der Waals surface area contributed by atoms with Gasteiger partial charge in [0.1, 0.15) is 27.6 Å². The molecular weight excluding hydrogens is 468 g/mol. The monoisotopic (exact) mass is 469 g/mol. The van der Waals surface area contributed by atoms with E-state index in [1.54, 1.807) is 0 Å². The Kier molecular flexibility index (Phi) is 2.95. The fraction of sp³-hybridized carbons (Fsp3) is 0. The third-order valence-electron chi connectivity index (χ3n) is 3.78. The Morgan fingerprint density at radius 3 is 2.17 bits per heavy atom. The van der Waals surface area contributed by atoms with Crippen LogP contribution in [0, 0.1) is 11.6 Å². The zero-order chi connectivity index (χ0) is 16.6. The van der Waals surface area contributed by atoms with E-state index in [4.69, 9.17) is 0 Å². The summed E-state index contributed by atoms with van der Waals surface area (Å²) >= 11 is 8.08. The molecular formula is C14H3Br2F2N5S. The SMILES string of the molecule is Fc1cc2[nH]c3nc4c(Br)c5nsnc5c(Br)c4nc3c2cc1F. The maximum Gasteiger partial charge on any atom is 0.160 e. The van der Waals surface area contributed by atoms with E-state index in [0.29, 0.717) is 53.1 Å². The van der Waals surface area contributed by atoms with Crippen molar-refractivity contribution in [3.63, 3.8) is 0 Å². The van der Waals surface area contributed by atoms with Crippen molar-refractivity contribution >= 4 is 87.7 Å². The smallest absolute Gasteiger partial charge is 0.160 e. The van der Waals surface area contributed by atoms with Gasteiger partial charge in [-0.05, 0) is 37.9 Å². The Morgan fingerprint density at radius 2 is 1.46 bits per heavy atom. The third-order valence-corrected chi connectivity index (χ3v) is 5.82. The van der Waals surface area contributed by atoms with E-state index in [1.807, 2.05) is 0 Å². The van der Waals surface area contributed by atoms with Gasteiger partial charge in [-0.1, -0.05) is 0 Å². The molecule has 0 saturated carbocycles. The molecule has 10 heteroatoms. The predicted octanol–water partition coefficient (Wildman–Crippen LogP) is 5.07.